The van der Waals surface area contributed by atoms with E-state index in [0.717, 1.165) is 24.2 Å². The van der Waals surface area contributed by atoms with Crippen molar-refractivity contribution in [1.29, 1.82) is 0 Å². The molecule has 5 nitrogen and oxygen atoms in total. The number of aromatic nitrogens is 2. The quantitative estimate of drug-likeness (QED) is 0.890. The predicted octanol–water partition coefficient (Wildman–Crippen LogP) is 2.30. The van der Waals surface area contributed by atoms with E-state index in [1.807, 2.05) is 35.0 Å². The number of amides is 1. The van der Waals surface area contributed by atoms with Crippen LogP contribution in [0.15, 0.2) is 43.0 Å². The average molecular weight is 299 g/mol. The lowest BCUT2D eigenvalue weighted by Gasteiger charge is -2.19. The molecule has 3 rings (SSSR count). The summed E-state index contributed by atoms with van der Waals surface area (Å²) in [4.78, 5) is 16.6. The van der Waals surface area contributed by atoms with E-state index in [9.17, 15) is 4.79 Å². The van der Waals surface area contributed by atoms with E-state index in [1.54, 1.807) is 19.6 Å². The molecule has 0 radical (unpaired) electrons. The van der Waals surface area contributed by atoms with Crippen LogP contribution in [0.4, 0.5) is 0 Å². The van der Waals surface area contributed by atoms with E-state index < -0.39 is 0 Å². The number of nitrogens with zero attached hydrogens (tertiary/aromatic N) is 2. The molecule has 1 saturated carbocycles. The van der Waals surface area contributed by atoms with Gasteiger partial charge in [0.05, 0.1) is 18.9 Å². The van der Waals surface area contributed by atoms with Crippen LogP contribution in [0.25, 0.3) is 0 Å². The molecule has 5 heteroatoms. The number of nitrogens with one attached hydrogen (secondary N) is 1. The SMILES string of the molecule is COc1ccc(C2(C(=O)NC[C@@H](C)n3ccnc3)CC2)cc1. The Balaban J connectivity index is 1.63. The van der Waals surface area contributed by atoms with Crippen molar-refractivity contribution in [2.75, 3.05) is 13.7 Å². The van der Waals surface area contributed by atoms with Crippen molar-refractivity contribution < 1.29 is 9.53 Å². The number of hydrogen-bond acceptors (Lipinski definition) is 3. The van der Waals surface area contributed by atoms with Crippen molar-refractivity contribution in [2.45, 2.75) is 31.2 Å². The van der Waals surface area contributed by atoms with Gasteiger partial charge in [0, 0.05) is 25.0 Å². The van der Waals surface area contributed by atoms with Gasteiger partial charge in [0.1, 0.15) is 5.75 Å². The Morgan fingerprint density at radius 3 is 2.68 bits per heavy atom. The average Bonchev–Trinajstić information content (AvgIpc) is 3.19. The first-order valence-electron chi connectivity index (χ1n) is 7.56. The van der Waals surface area contributed by atoms with Crippen molar-refractivity contribution in [2.24, 2.45) is 0 Å². The summed E-state index contributed by atoms with van der Waals surface area (Å²) < 4.78 is 7.17. The van der Waals surface area contributed by atoms with Crippen LogP contribution in [0.2, 0.25) is 0 Å². The second-order valence-corrected chi connectivity index (χ2v) is 5.88. The molecule has 1 amide bonds. The lowest BCUT2D eigenvalue weighted by atomic mass is 9.95. The lowest BCUT2D eigenvalue weighted by Crippen LogP contribution is -2.37. The van der Waals surface area contributed by atoms with Gasteiger partial charge in [-0.05, 0) is 37.5 Å². The first-order valence-corrected chi connectivity index (χ1v) is 7.56. The highest BCUT2D eigenvalue weighted by molar-refractivity contribution is 5.91. The molecular weight excluding hydrogens is 278 g/mol. The molecule has 1 aliphatic carbocycles. The summed E-state index contributed by atoms with van der Waals surface area (Å²) in [5.74, 6) is 0.929. The number of methoxy groups -OCH3 is 1. The smallest absolute Gasteiger partial charge is 0.230 e. The molecule has 1 atom stereocenters. The standard InChI is InChI=1S/C17H21N3O2/c1-13(20-10-9-18-12-20)11-19-16(21)17(7-8-17)14-3-5-15(22-2)6-4-14/h3-6,9-10,12-13H,7-8,11H2,1-2H3,(H,19,21)/t13-/m1/s1. The Morgan fingerprint density at radius 1 is 1.41 bits per heavy atom. The number of ether oxygens (including phenoxy) is 1. The Labute approximate surface area is 130 Å². The number of benzene rings is 1. The molecule has 0 aliphatic heterocycles. The minimum Gasteiger partial charge on any atom is -0.497 e. The topological polar surface area (TPSA) is 56.1 Å². The molecule has 1 N–H and O–H groups in total. The normalized spacial score (nSPS) is 16.8. The highest BCUT2D eigenvalue weighted by atomic mass is 16.5. The number of carbonyl (C=O) groups excluding carboxylic acids is 1. The zero-order valence-electron chi connectivity index (χ0n) is 13.0. The van der Waals surface area contributed by atoms with E-state index in [4.69, 9.17) is 4.74 Å². The van der Waals surface area contributed by atoms with Crippen molar-refractivity contribution in [1.82, 2.24) is 14.9 Å². The first kappa shape index (κ1) is 14.6. The van der Waals surface area contributed by atoms with Crippen molar-refractivity contribution >= 4 is 5.91 Å². The molecular formula is C17H21N3O2. The van der Waals surface area contributed by atoms with E-state index in [0.29, 0.717) is 6.54 Å². The van der Waals surface area contributed by atoms with Crippen molar-refractivity contribution in [3.05, 3.63) is 48.5 Å². The number of hydrogen-bond donors (Lipinski definition) is 1. The molecule has 1 aromatic carbocycles. The van der Waals surface area contributed by atoms with Crippen LogP contribution < -0.4 is 10.1 Å². The Kier molecular flexibility index (Phi) is 3.88. The summed E-state index contributed by atoms with van der Waals surface area (Å²) in [7, 11) is 1.64. The minimum absolute atomic E-state index is 0.115. The summed E-state index contributed by atoms with van der Waals surface area (Å²) in [5.41, 5.74) is 0.724. The van der Waals surface area contributed by atoms with Gasteiger partial charge in [-0.25, -0.2) is 4.98 Å². The molecule has 1 heterocycles. The third-order valence-electron chi connectivity index (χ3n) is 4.42. The molecule has 2 aromatic rings. The maximum Gasteiger partial charge on any atom is 0.230 e. The third kappa shape index (κ3) is 2.71. The van der Waals surface area contributed by atoms with Crippen LogP contribution in [0, 0.1) is 0 Å². The van der Waals surface area contributed by atoms with Crippen LogP contribution in [-0.4, -0.2) is 29.1 Å². The van der Waals surface area contributed by atoms with Gasteiger partial charge in [0.25, 0.3) is 0 Å². The highest BCUT2D eigenvalue weighted by Gasteiger charge is 2.51. The van der Waals surface area contributed by atoms with Gasteiger partial charge in [-0.2, -0.15) is 0 Å². The predicted molar refractivity (Wildman–Crippen MR) is 83.9 cm³/mol. The van der Waals surface area contributed by atoms with Crippen LogP contribution in [0.1, 0.15) is 31.4 Å². The minimum atomic E-state index is -0.346. The summed E-state index contributed by atoms with van der Waals surface area (Å²) >= 11 is 0. The number of rotatable bonds is 6. The molecule has 0 bridgehead atoms. The van der Waals surface area contributed by atoms with E-state index in [1.165, 1.54) is 0 Å². The molecule has 116 valence electrons. The fourth-order valence-electron chi connectivity index (χ4n) is 2.73. The molecule has 0 unspecified atom stereocenters. The fraction of sp³-hybridized carbons (Fsp3) is 0.412. The van der Waals surface area contributed by atoms with Gasteiger partial charge >= 0.3 is 0 Å². The van der Waals surface area contributed by atoms with Crippen LogP contribution >= 0.6 is 0 Å². The molecule has 22 heavy (non-hydrogen) atoms. The zero-order chi connectivity index (χ0) is 15.6. The van der Waals surface area contributed by atoms with Gasteiger partial charge in [-0.3, -0.25) is 4.79 Å². The molecule has 1 aromatic heterocycles. The van der Waals surface area contributed by atoms with E-state index in [-0.39, 0.29) is 17.4 Å². The Hall–Kier alpha value is -2.30. The summed E-state index contributed by atoms with van der Waals surface area (Å²) in [6, 6.07) is 8.00. The van der Waals surface area contributed by atoms with Gasteiger partial charge < -0.3 is 14.6 Å². The maximum atomic E-state index is 12.6. The second kappa shape index (κ2) is 5.83. The first-order chi connectivity index (χ1) is 10.7. The fourth-order valence-corrected chi connectivity index (χ4v) is 2.73. The third-order valence-corrected chi connectivity index (χ3v) is 4.42. The van der Waals surface area contributed by atoms with E-state index in [2.05, 4.69) is 17.2 Å². The van der Waals surface area contributed by atoms with Crippen LogP contribution in [0.3, 0.4) is 0 Å². The Bertz CT molecular complexity index is 630. The molecule has 0 spiro atoms. The van der Waals surface area contributed by atoms with Crippen LogP contribution in [-0.2, 0) is 10.2 Å². The summed E-state index contributed by atoms with van der Waals surface area (Å²) in [6.07, 6.45) is 7.24. The molecule has 0 saturated heterocycles. The van der Waals surface area contributed by atoms with Crippen molar-refractivity contribution in [3.63, 3.8) is 0 Å². The largest absolute Gasteiger partial charge is 0.497 e. The lowest BCUT2D eigenvalue weighted by molar-refractivity contribution is -0.123. The van der Waals surface area contributed by atoms with Gasteiger partial charge in [-0.15, -0.1) is 0 Å². The number of imidazole rings is 1. The highest BCUT2D eigenvalue weighted by Crippen LogP contribution is 2.48. The molecule has 1 fully saturated rings. The Morgan fingerprint density at radius 2 is 2.14 bits per heavy atom. The summed E-state index contributed by atoms with van der Waals surface area (Å²) in [6.45, 7) is 2.67. The van der Waals surface area contributed by atoms with E-state index >= 15 is 0 Å². The van der Waals surface area contributed by atoms with Gasteiger partial charge in [0.2, 0.25) is 5.91 Å². The van der Waals surface area contributed by atoms with Gasteiger partial charge in [0.15, 0.2) is 0 Å². The van der Waals surface area contributed by atoms with Crippen LogP contribution in [0.5, 0.6) is 5.75 Å². The second-order valence-electron chi connectivity index (χ2n) is 5.88. The van der Waals surface area contributed by atoms with Gasteiger partial charge in [-0.1, -0.05) is 12.1 Å². The monoisotopic (exact) mass is 299 g/mol. The van der Waals surface area contributed by atoms with Crippen molar-refractivity contribution in [3.8, 4) is 5.75 Å². The molecule has 1 aliphatic rings. The number of carbonyl (C=O) groups is 1. The summed E-state index contributed by atoms with van der Waals surface area (Å²) in [5, 5.41) is 3.08. The maximum absolute atomic E-state index is 12.6. The zero-order valence-corrected chi connectivity index (χ0v) is 13.0.